The molecule has 1 aromatic heterocycles. The standard InChI is InChI=1S/C9H4OS5/c11-9-14-7-8(15-9)13-6(12-7)5-1-3-10-4-2-5/h1-4H. The van der Waals surface area contributed by atoms with Gasteiger partial charge in [0.05, 0.1) is 25.2 Å². The smallest absolute Gasteiger partial charge is 0.145 e. The van der Waals surface area contributed by atoms with Crippen molar-refractivity contribution in [3.63, 3.8) is 0 Å². The quantitative estimate of drug-likeness (QED) is 0.620. The average Bonchev–Trinajstić information content (AvgIpc) is 2.76. The highest BCUT2D eigenvalue weighted by Gasteiger charge is 2.22. The van der Waals surface area contributed by atoms with Crippen LogP contribution < -0.4 is 0 Å². The minimum absolute atomic E-state index is 1.02. The first-order valence-electron chi connectivity index (χ1n) is 4.05. The molecule has 0 aliphatic carbocycles. The molecule has 0 fully saturated rings. The summed E-state index contributed by atoms with van der Waals surface area (Å²) in [4.78, 5) is 0. The van der Waals surface area contributed by atoms with Crippen molar-refractivity contribution in [2.75, 3.05) is 0 Å². The van der Waals surface area contributed by atoms with Crippen molar-refractivity contribution in [1.82, 2.24) is 0 Å². The summed E-state index contributed by atoms with van der Waals surface area (Å²) in [5.41, 5.74) is 1.22. The Morgan fingerprint density at radius 1 is 1.00 bits per heavy atom. The van der Waals surface area contributed by atoms with Crippen LogP contribution >= 0.6 is 58.4 Å². The lowest BCUT2D eigenvalue weighted by atomic mass is 10.3. The lowest BCUT2D eigenvalue weighted by molar-refractivity contribution is 0.398. The van der Waals surface area contributed by atoms with Gasteiger partial charge >= 0.3 is 0 Å². The Balaban J connectivity index is 1.98. The topological polar surface area (TPSA) is 9.23 Å². The Morgan fingerprint density at radius 2 is 1.60 bits per heavy atom. The Labute approximate surface area is 109 Å². The highest BCUT2D eigenvalue weighted by Crippen LogP contribution is 2.57. The third-order valence-electron chi connectivity index (χ3n) is 1.78. The zero-order chi connectivity index (χ0) is 10.3. The van der Waals surface area contributed by atoms with E-state index in [-0.39, 0.29) is 0 Å². The normalized spacial score (nSPS) is 18.1. The second kappa shape index (κ2) is 4.10. The van der Waals surface area contributed by atoms with E-state index in [2.05, 4.69) is 0 Å². The molecule has 6 heteroatoms. The number of ether oxygens (including phenoxy) is 1. The SMILES string of the molecule is S=c1sc2c(s1)SC(=C1C=COC=C1)S2. The molecule has 2 aliphatic heterocycles. The van der Waals surface area contributed by atoms with Gasteiger partial charge in [-0.2, -0.15) is 0 Å². The third kappa shape index (κ3) is 1.97. The van der Waals surface area contributed by atoms with E-state index in [4.69, 9.17) is 17.0 Å². The highest BCUT2D eigenvalue weighted by atomic mass is 32.2. The van der Waals surface area contributed by atoms with Crippen LogP contribution in [0.4, 0.5) is 0 Å². The van der Waals surface area contributed by atoms with E-state index in [0.29, 0.717) is 0 Å². The van der Waals surface area contributed by atoms with Crippen molar-refractivity contribution in [3.05, 3.63) is 37.6 Å². The number of hydrogen-bond donors (Lipinski definition) is 0. The van der Waals surface area contributed by atoms with Crippen LogP contribution in [0.2, 0.25) is 0 Å². The van der Waals surface area contributed by atoms with Crippen molar-refractivity contribution in [1.29, 1.82) is 0 Å². The van der Waals surface area contributed by atoms with Gasteiger partial charge in [0, 0.05) is 5.57 Å². The van der Waals surface area contributed by atoms with E-state index in [1.807, 2.05) is 35.7 Å². The first kappa shape index (κ1) is 10.2. The van der Waals surface area contributed by atoms with Gasteiger partial charge in [-0.3, -0.25) is 0 Å². The summed E-state index contributed by atoms with van der Waals surface area (Å²) in [6.07, 6.45) is 7.39. The van der Waals surface area contributed by atoms with Crippen LogP contribution in [0.25, 0.3) is 0 Å². The molecule has 0 N–H and O–H groups in total. The van der Waals surface area contributed by atoms with Crippen LogP contribution in [-0.2, 0) is 4.74 Å². The number of hydrogen-bond acceptors (Lipinski definition) is 6. The van der Waals surface area contributed by atoms with Gasteiger partial charge in [0.15, 0.2) is 0 Å². The van der Waals surface area contributed by atoms with Crippen LogP contribution in [-0.4, -0.2) is 0 Å². The van der Waals surface area contributed by atoms with Gasteiger partial charge in [-0.25, -0.2) is 0 Å². The Morgan fingerprint density at radius 3 is 2.20 bits per heavy atom. The zero-order valence-electron chi connectivity index (χ0n) is 7.26. The van der Waals surface area contributed by atoms with Gasteiger partial charge in [0.1, 0.15) is 3.14 Å². The summed E-state index contributed by atoms with van der Waals surface area (Å²) in [6.45, 7) is 0. The molecule has 1 aromatic rings. The molecular formula is C9H4OS5. The Hall–Kier alpha value is -0.0100. The fraction of sp³-hybridized carbons (Fsp3) is 0. The number of allylic oxidation sites excluding steroid dienone is 3. The molecule has 15 heavy (non-hydrogen) atoms. The van der Waals surface area contributed by atoms with Crippen molar-refractivity contribution in [2.45, 2.75) is 8.42 Å². The van der Waals surface area contributed by atoms with E-state index in [1.165, 1.54) is 18.2 Å². The zero-order valence-corrected chi connectivity index (χ0v) is 11.3. The van der Waals surface area contributed by atoms with Gasteiger partial charge in [0.2, 0.25) is 0 Å². The average molecular weight is 288 g/mol. The van der Waals surface area contributed by atoms with Crippen LogP contribution in [0.15, 0.2) is 42.9 Å². The third-order valence-corrected chi connectivity index (χ3v) is 7.53. The fourth-order valence-corrected chi connectivity index (χ4v) is 7.75. The summed E-state index contributed by atoms with van der Waals surface area (Å²) in [7, 11) is 0. The molecule has 0 saturated heterocycles. The molecular weight excluding hydrogens is 284 g/mol. The minimum atomic E-state index is 1.02. The molecule has 0 unspecified atom stereocenters. The monoisotopic (exact) mass is 288 g/mol. The lowest BCUT2D eigenvalue weighted by Gasteiger charge is -2.03. The second-order valence-electron chi connectivity index (χ2n) is 2.72. The van der Waals surface area contributed by atoms with Crippen LogP contribution in [0, 0.1) is 3.14 Å². The summed E-state index contributed by atoms with van der Waals surface area (Å²) in [5.74, 6) is 0. The van der Waals surface area contributed by atoms with E-state index >= 15 is 0 Å². The van der Waals surface area contributed by atoms with Gasteiger partial charge in [-0.05, 0) is 12.2 Å². The van der Waals surface area contributed by atoms with Crippen molar-refractivity contribution >= 4 is 58.4 Å². The molecule has 0 saturated carbocycles. The molecule has 76 valence electrons. The molecule has 0 spiro atoms. The van der Waals surface area contributed by atoms with E-state index in [0.717, 1.165) is 3.14 Å². The first-order chi connectivity index (χ1) is 7.33. The molecule has 0 radical (unpaired) electrons. The molecule has 0 atom stereocenters. The van der Waals surface area contributed by atoms with E-state index in [1.54, 1.807) is 35.2 Å². The summed E-state index contributed by atoms with van der Waals surface area (Å²) in [6, 6.07) is 0. The molecule has 0 bridgehead atoms. The van der Waals surface area contributed by atoms with Crippen molar-refractivity contribution in [2.24, 2.45) is 0 Å². The van der Waals surface area contributed by atoms with Gasteiger partial charge < -0.3 is 4.74 Å². The minimum Gasteiger partial charge on any atom is -0.473 e. The predicted octanol–water partition coefficient (Wildman–Crippen LogP) is 5.01. The maximum absolute atomic E-state index is 5.16. The summed E-state index contributed by atoms with van der Waals surface area (Å²) >= 11 is 12.2. The maximum Gasteiger partial charge on any atom is 0.145 e. The van der Waals surface area contributed by atoms with Crippen LogP contribution in [0.5, 0.6) is 0 Å². The first-order valence-corrected chi connectivity index (χ1v) is 7.73. The van der Waals surface area contributed by atoms with Crippen molar-refractivity contribution in [3.8, 4) is 0 Å². The van der Waals surface area contributed by atoms with Gasteiger partial charge in [-0.1, -0.05) is 35.7 Å². The maximum atomic E-state index is 5.16. The number of rotatable bonds is 0. The summed E-state index contributed by atoms with van der Waals surface area (Å²) in [5, 5.41) is 0. The predicted molar refractivity (Wildman–Crippen MR) is 71.1 cm³/mol. The molecule has 2 aliphatic rings. The summed E-state index contributed by atoms with van der Waals surface area (Å²) < 4.78 is 10.0. The molecule has 0 aromatic carbocycles. The van der Waals surface area contributed by atoms with Crippen LogP contribution in [0.1, 0.15) is 0 Å². The molecule has 3 rings (SSSR count). The van der Waals surface area contributed by atoms with Crippen molar-refractivity contribution < 1.29 is 4.74 Å². The molecule has 3 heterocycles. The van der Waals surface area contributed by atoms with Crippen LogP contribution in [0.3, 0.4) is 0 Å². The van der Waals surface area contributed by atoms with Gasteiger partial charge in [0.25, 0.3) is 0 Å². The number of thioether (sulfide) groups is 2. The van der Waals surface area contributed by atoms with E-state index in [9.17, 15) is 0 Å². The Bertz CT molecular complexity index is 503. The number of fused-ring (bicyclic) bond motifs is 1. The van der Waals surface area contributed by atoms with E-state index < -0.39 is 0 Å². The second-order valence-corrected chi connectivity index (χ2v) is 8.76. The fourth-order valence-electron chi connectivity index (χ4n) is 1.15. The van der Waals surface area contributed by atoms with Gasteiger partial charge in [-0.15, -0.1) is 22.7 Å². The largest absolute Gasteiger partial charge is 0.473 e. The lowest BCUT2D eigenvalue weighted by Crippen LogP contribution is -1.81. The molecule has 0 amide bonds. The highest BCUT2D eigenvalue weighted by molar-refractivity contribution is 8.26. The Kier molecular flexibility index (Phi) is 2.78. The molecule has 1 nitrogen and oxygen atoms in total.